The Morgan fingerprint density at radius 3 is 2.80 bits per heavy atom. The minimum atomic E-state index is -0.233. The molecule has 0 atom stereocenters. The zero-order valence-electron chi connectivity index (χ0n) is 17.6. The van der Waals surface area contributed by atoms with Crippen LogP contribution >= 0.6 is 0 Å². The van der Waals surface area contributed by atoms with E-state index in [-0.39, 0.29) is 5.56 Å². The standard InChI is InChI=1S/C21H29N7O2/c1-3-16-14-17(7-6-15(16)2)22-21-23-19-18(20(29)24-21)28(26-25-19)9-5-4-8-27-10-12-30-13-11-27/h6-7,14H,3-5,8-13H2,1-2H3,(H2,22,23,24,29). The maximum absolute atomic E-state index is 12.7. The lowest BCUT2D eigenvalue weighted by Crippen LogP contribution is -2.36. The Labute approximate surface area is 175 Å². The molecule has 2 aromatic heterocycles. The maximum Gasteiger partial charge on any atom is 0.280 e. The molecule has 1 aliphatic heterocycles. The summed E-state index contributed by atoms with van der Waals surface area (Å²) in [5.74, 6) is 0.373. The Morgan fingerprint density at radius 1 is 1.20 bits per heavy atom. The quantitative estimate of drug-likeness (QED) is 0.548. The van der Waals surface area contributed by atoms with Gasteiger partial charge in [-0.05, 0) is 56.0 Å². The van der Waals surface area contributed by atoms with Crippen LogP contribution in [0.3, 0.4) is 0 Å². The number of nitrogens with one attached hydrogen (secondary N) is 2. The summed E-state index contributed by atoms with van der Waals surface area (Å²) in [4.78, 5) is 22.3. The number of ether oxygens (including phenoxy) is 1. The van der Waals surface area contributed by atoms with E-state index < -0.39 is 0 Å². The summed E-state index contributed by atoms with van der Waals surface area (Å²) in [6.45, 7) is 9.51. The molecule has 1 fully saturated rings. The number of benzene rings is 1. The van der Waals surface area contributed by atoms with Crippen molar-refractivity contribution in [2.24, 2.45) is 0 Å². The summed E-state index contributed by atoms with van der Waals surface area (Å²) < 4.78 is 7.03. The number of aromatic nitrogens is 5. The molecule has 0 unspecified atom stereocenters. The molecule has 9 heteroatoms. The fraction of sp³-hybridized carbons (Fsp3) is 0.524. The van der Waals surface area contributed by atoms with Gasteiger partial charge in [-0.2, -0.15) is 4.98 Å². The molecule has 160 valence electrons. The summed E-state index contributed by atoms with van der Waals surface area (Å²) in [5, 5.41) is 11.4. The van der Waals surface area contributed by atoms with E-state index in [4.69, 9.17) is 4.74 Å². The maximum atomic E-state index is 12.7. The third kappa shape index (κ3) is 4.68. The van der Waals surface area contributed by atoms with Gasteiger partial charge in [-0.3, -0.25) is 14.7 Å². The van der Waals surface area contributed by atoms with Crippen LogP contribution in [0.1, 0.15) is 30.9 Å². The lowest BCUT2D eigenvalue weighted by Gasteiger charge is -2.26. The number of anilines is 2. The molecule has 0 radical (unpaired) electrons. The zero-order chi connectivity index (χ0) is 20.9. The van der Waals surface area contributed by atoms with E-state index in [1.54, 1.807) is 4.68 Å². The Hall–Kier alpha value is -2.78. The molecule has 1 saturated heterocycles. The van der Waals surface area contributed by atoms with Crippen molar-refractivity contribution >= 4 is 22.8 Å². The van der Waals surface area contributed by atoms with Gasteiger partial charge in [0.1, 0.15) is 0 Å². The number of H-pyrrole nitrogens is 1. The SMILES string of the molecule is CCc1cc(Nc2nc3nnn(CCCCN4CCOCC4)c3c(=O)[nH]2)ccc1C. The van der Waals surface area contributed by atoms with Gasteiger partial charge >= 0.3 is 0 Å². The number of aromatic amines is 1. The molecular weight excluding hydrogens is 382 g/mol. The van der Waals surface area contributed by atoms with Crippen molar-refractivity contribution in [3.8, 4) is 0 Å². The van der Waals surface area contributed by atoms with Crippen molar-refractivity contribution in [3.05, 3.63) is 39.7 Å². The molecule has 0 aliphatic carbocycles. The molecule has 4 rings (SSSR count). The smallest absolute Gasteiger partial charge is 0.280 e. The number of aryl methyl sites for hydroxylation is 3. The Kier molecular flexibility index (Phi) is 6.39. The van der Waals surface area contributed by atoms with E-state index in [1.807, 2.05) is 6.07 Å². The van der Waals surface area contributed by atoms with Crippen LogP contribution in [-0.2, 0) is 17.7 Å². The van der Waals surface area contributed by atoms with E-state index in [2.05, 4.69) is 56.5 Å². The lowest BCUT2D eigenvalue weighted by molar-refractivity contribution is 0.0370. The first kappa shape index (κ1) is 20.5. The highest BCUT2D eigenvalue weighted by Crippen LogP contribution is 2.19. The number of fused-ring (bicyclic) bond motifs is 1. The minimum absolute atomic E-state index is 0.233. The molecule has 1 aromatic carbocycles. The summed E-state index contributed by atoms with van der Waals surface area (Å²) >= 11 is 0. The molecule has 0 bridgehead atoms. The zero-order valence-corrected chi connectivity index (χ0v) is 17.6. The summed E-state index contributed by atoms with van der Waals surface area (Å²) in [6, 6.07) is 6.11. The van der Waals surface area contributed by atoms with Gasteiger partial charge in [-0.25, -0.2) is 4.68 Å². The summed E-state index contributed by atoms with van der Waals surface area (Å²) in [6.07, 6.45) is 2.92. The van der Waals surface area contributed by atoms with Crippen LogP contribution in [0.25, 0.3) is 11.2 Å². The highest BCUT2D eigenvalue weighted by Gasteiger charge is 2.13. The molecular formula is C21H29N7O2. The van der Waals surface area contributed by atoms with Crippen molar-refractivity contribution in [2.75, 3.05) is 38.2 Å². The van der Waals surface area contributed by atoms with Crippen molar-refractivity contribution in [1.82, 2.24) is 29.9 Å². The molecule has 0 saturated carbocycles. The van der Waals surface area contributed by atoms with Gasteiger partial charge in [-0.1, -0.05) is 18.2 Å². The first-order chi connectivity index (χ1) is 14.6. The summed E-state index contributed by atoms with van der Waals surface area (Å²) in [5.41, 5.74) is 3.93. The van der Waals surface area contributed by atoms with Crippen LogP contribution in [0.15, 0.2) is 23.0 Å². The normalized spacial score (nSPS) is 15.0. The molecule has 3 heterocycles. The van der Waals surface area contributed by atoms with Gasteiger partial charge in [0.05, 0.1) is 13.2 Å². The van der Waals surface area contributed by atoms with Crippen molar-refractivity contribution in [3.63, 3.8) is 0 Å². The Bertz CT molecular complexity index is 1050. The van der Waals surface area contributed by atoms with Crippen LogP contribution in [0.2, 0.25) is 0 Å². The first-order valence-electron chi connectivity index (χ1n) is 10.6. The number of unbranched alkanes of at least 4 members (excludes halogenated alkanes) is 1. The second-order valence-corrected chi connectivity index (χ2v) is 7.68. The molecule has 9 nitrogen and oxygen atoms in total. The van der Waals surface area contributed by atoms with Crippen molar-refractivity contribution < 1.29 is 4.74 Å². The van der Waals surface area contributed by atoms with E-state index in [1.165, 1.54) is 11.1 Å². The van der Waals surface area contributed by atoms with E-state index in [0.29, 0.717) is 23.7 Å². The number of morpholine rings is 1. The van der Waals surface area contributed by atoms with Crippen LogP contribution in [-0.4, -0.2) is 62.7 Å². The minimum Gasteiger partial charge on any atom is -0.379 e. The molecule has 3 aromatic rings. The lowest BCUT2D eigenvalue weighted by atomic mass is 10.1. The molecule has 30 heavy (non-hydrogen) atoms. The molecule has 1 aliphatic rings. The second kappa shape index (κ2) is 9.36. The monoisotopic (exact) mass is 411 g/mol. The third-order valence-corrected chi connectivity index (χ3v) is 5.57. The fourth-order valence-corrected chi connectivity index (χ4v) is 3.80. The molecule has 0 amide bonds. The number of hydrogen-bond acceptors (Lipinski definition) is 7. The van der Waals surface area contributed by atoms with Gasteiger partial charge in [0, 0.05) is 25.3 Å². The van der Waals surface area contributed by atoms with Crippen molar-refractivity contribution in [2.45, 2.75) is 39.7 Å². The van der Waals surface area contributed by atoms with Crippen LogP contribution in [0.5, 0.6) is 0 Å². The highest BCUT2D eigenvalue weighted by molar-refractivity contribution is 5.70. The average Bonchev–Trinajstić information content (AvgIpc) is 3.17. The molecule has 0 spiro atoms. The predicted molar refractivity (Wildman–Crippen MR) is 116 cm³/mol. The molecule has 2 N–H and O–H groups in total. The van der Waals surface area contributed by atoms with E-state index >= 15 is 0 Å². The Morgan fingerprint density at radius 2 is 2.00 bits per heavy atom. The largest absolute Gasteiger partial charge is 0.379 e. The van der Waals surface area contributed by atoms with Crippen LogP contribution in [0.4, 0.5) is 11.6 Å². The van der Waals surface area contributed by atoms with E-state index in [0.717, 1.165) is 57.8 Å². The average molecular weight is 412 g/mol. The van der Waals surface area contributed by atoms with Gasteiger partial charge in [0.25, 0.3) is 5.56 Å². The summed E-state index contributed by atoms with van der Waals surface area (Å²) in [7, 11) is 0. The predicted octanol–water partition coefficient (Wildman–Crippen LogP) is 2.24. The fourth-order valence-electron chi connectivity index (χ4n) is 3.80. The number of nitrogens with zero attached hydrogens (tertiary/aromatic N) is 5. The second-order valence-electron chi connectivity index (χ2n) is 7.68. The topological polar surface area (TPSA) is 101 Å². The number of hydrogen-bond donors (Lipinski definition) is 2. The third-order valence-electron chi connectivity index (χ3n) is 5.57. The van der Waals surface area contributed by atoms with Crippen molar-refractivity contribution in [1.29, 1.82) is 0 Å². The van der Waals surface area contributed by atoms with Gasteiger partial charge in [0.15, 0.2) is 5.52 Å². The van der Waals surface area contributed by atoms with Gasteiger partial charge in [0.2, 0.25) is 11.6 Å². The van der Waals surface area contributed by atoms with E-state index in [9.17, 15) is 4.79 Å². The van der Waals surface area contributed by atoms with Crippen LogP contribution in [0, 0.1) is 6.92 Å². The van der Waals surface area contributed by atoms with Gasteiger partial charge < -0.3 is 10.1 Å². The van der Waals surface area contributed by atoms with Crippen LogP contribution < -0.4 is 10.9 Å². The first-order valence-corrected chi connectivity index (χ1v) is 10.6. The number of rotatable bonds is 8. The van der Waals surface area contributed by atoms with Gasteiger partial charge in [-0.15, -0.1) is 5.10 Å². The Balaban J connectivity index is 1.42. The highest BCUT2D eigenvalue weighted by atomic mass is 16.5.